The van der Waals surface area contributed by atoms with E-state index in [1.165, 1.54) is 13.0 Å². The van der Waals surface area contributed by atoms with E-state index in [9.17, 15) is 13.2 Å². The number of alkyl halides is 3. The number of hydrogen-bond acceptors (Lipinski definition) is 6. The lowest BCUT2D eigenvalue weighted by Gasteiger charge is -2.28. The molecular formula is C24H25F3N6O. The number of benzene rings is 1. The minimum Gasteiger partial charge on any atom is -0.378 e. The molecule has 4 aromatic rings. The Morgan fingerprint density at radius 1 is 1.09 bits per heavy atom. The van der Waals surface area contributed by atoms with E-state index in [4.69, 9.17) is 9.72 Å². The van der Waals surface area contributed by atoms with Gasteiger partial charge in [0.25, 0.3) is 0 Å². The number of aryl methyl sites for hydroxylation is 1. The zero-order chi connectivity index (χ0) is 24.0. The van der Waals surface area contributed by atoms with Crippen LogP contribution in [0.5, 0.6) is 0 Å². The molecule has 1 aliphatic rings. The molecule has 1 fully saturated rings. The van der Waals surface area contributed by atoms with Crippen LogP contribution in [0, 0.1) is 13.8 Å². The van der Waals surface area contributed by atoms with Crippen molar-refractivity contribution in [3.63, 3.8) is 0 Å². The molecule has 3 aromatic heterocycles. The number of nitrogens with one attached hydrogen (secondary N) is 1. The van der Waals surface area contributed by atoms with Crippen LogP contribution >= 0.6 is 0 Å². The van der Waals surface area contributed by atoms with E-state index < -0.39 is 17.8 Å². The normalized spacial score (nSPS) is 15.8. The fourth-order valence-electron chi connectivity index (χ4n) is 4.55. The topological polar surface area (TPSA) is 67.6 Å². The molecule has 5 rings (SSSR count). The fraction of sp³-hybridized carbons (Fsp3) is 0.375. The summed E-state index contributed by atoms with van der Waals surface area (Å²) in [6, 6.07) is 5.82. The average molecular weight is 470 g/mol. The summed E-state index contributed by atoms with van der Waals surface area (Å²) >= 11 is 0. The van der Waals surface area contributed by atoms with Crippen molar-refractivity contribution in [2.75, 3.05) is 36.5 Å². The number of pyridine rings is 1. The van der Waals surface area contributed by atoms with Crippen LogP contribution < -0.4 is 10.2 Å². The zero-order valence-electron chi connectivity index (χ0n) is 19.1. The average Bonchev–Trinajstić information content (AvgIpc) is 3.19. The van der Waals surface area contributed by atoms with Gasteiger partial charge >= 0.3 is 6.18 Å². The summed E-state index contributed by atoms with van der Waals surface area (Å²) in [7, 11) is 0. The van der Waals surface area contributed by atoms with E-state index in [1.807, 2.05) is 24.3 Å². The van der Waals surface area contributed by atoms with Gasteiger partial charge in [0.2, 0.25) is 5.78 Å². The maximum absolute atomic E-state index is 13.5. The molecule has 1 atom stereocenters. The van der Waals surface area contributed by atoms with E-state index >= 15 is 0 Å². The Kier molecular flexibility index (Phi) is 5.55. The third-order valence-corrected chi connectivity index (χ3v) is 6.33. The summed E-state index contributed by atoms with van der Waals surface area (Å²) < 4.78 is 47.8. The number of fused-ring (bicyclic) bond motifs is 3. The van der Waals surface area contributed by atoms with Gasteiger partial charge in [-0.15, -0.1) is 0 Å². The van der Waals surface area contributed by atoms with Crippen LogP contribution in [-0.2, 0) is 10.9 Å². The van der Waals surface area contributed by atoms with E-state index in [-0.39, 0.29) is 5.56 Å². The summed E-state index contributed by atoms with van der Waals surface area (Å²) in [4.78, 5) is 15.9. The summed E-state index contributed by atoms with van der Waals surface area (Å²) in [6.07, 6.45) is -0.869. The minimum absolute atomic E-state index is 0.202. The third-order valence-electron chi connectivity index (χ3n) is 6.33. The van der Waals surface area contributed by atoms with Crippen molar-refractivity contribution in [3.8, 4) is 0 Å². The zero-order valence-corrected chi connectivity index (χ0v) is 19.1. The molecular weight excluding hydrogens is 445 g/mol. The Hall–Kier alpha value is -3.40. The number of anilines is 2. The molecule has 1 unspecified atom stereocenters. The van der Waals surface area contributed by atoms with Crippen LogP contribution in [0.15, 0.2) is 36.7 Å². The Balaban J connectivity index is 1.60. The smallest absolute Gasteiger partial charge is 0.378 e. The molecule has 1 aliphatic heterocycles. The van der Waals surface area contributed by atoms with Gasteiger partial charge in [0.1, 0.15) is 11.6 Å². The van der Waals surface area contributed by atoms with Gasteiger partial charge in [-0.1, -0.05) is 12.1 Å². The van der Waals surface area contributed by atoms with E-state index in [1.54, 1.807) is 18.5 Å². The van der Waals surface area contributed by atoms with Gasteiger partial charge in [0.05, 0.1) is 42.7 Å². The quantitative estimate of drug-likeness (QED) is 0.457. The van der Waals surface area contributed by atoms with Gasteiger partial charge in [-0.2, -0.15) is 18.2 Å². The highest BCUT2D eigenvalue weighted by Crippen LogP contribution is 2.36. The predicted molar refractivity (Wildman–Crippen MR) is 124 cm³/mol. The van der Waals surface area contributed by atoms with Crippen LogP contribution in [0.4, 0.5) is 24.8 Å². The second-order valence-corrected chi connectivity index (χ2v) is 8.54. The molecule has 7 nitrogen and oxygen atoms in total. The standard InChI is InChI=1S/C24H25F3N6O/c1-14-12-29-23-31-22(30-16(3)17-5-4-6-19(15(17)2)24(25,26)27)18-11-21(28-13-20(18)33(14)23)32-7-9-34-10-8-32/h4-6,11-13,16H,7-10H2,1-3H3,(H,29,30,31). The SMILES string of the molecule is Cc1c(C(C)Nc2nc3ncc(C)n3c3cnc(N4CCOCC4)cc23)cccc1C(F)(F)F. The lowest BCUT2D eigenvalue weighted by Crippen LogP contribution is -2.36. The number of imidazole rings is 1. The van der Waals surface area contributed by atoms with Crippen molar-refractivity contribution in [2.45, 2.75) is 33.0 Å². The number of nitrogens with zero attached hydrogens (tertiary/aromatic N) is 5. The molecule has 4 heterocycles. The molecule has 34 heavy (non-hydrogen) atoms. The molecule has 1 N–H and O–H groups in total. The first-order valence-corrected chi connectivity index (χ1v) is 11.1. The lowest BCUT2D eigenvalue weighted by atomic mass is 9.97. The van der Waals surface area contributed by atoms with Gasteiger partial charge in [-0.3, -0.25) is 4.40 Å². The van der Waals surface area contributed by atoms with Crippen molar-refractivity contribution < 1.29 is 17.9 Å². The number of hydrogen-bond donors (Lipinski definition) is 1. The molecule has 0 radical (unpaired) electrons. The van der Waals surface area contributed by atoms with E-state index in [2.05, 4.69) is 20.2 Å². The fourth-order valence-corrected chi connectivity index (χ4v) is 4.55. The largest absolute Gasteiger partial charge is 0.416 e. The molecule has 0 spiro atoms. The summed E-state index contributed by atoms with van der Waals surface area (Å²) in [5, 5.41) is 4.17. The molecule has 1 saturated heterocycles. The van der Waals surface area contributed by atoms with E-state index in [0.717, 1.165) is 41.6 Å². The Morgan fingerprint density at radius 2 is 1.85 bits per heavy atom. The minimum atomic E-state index is -4.41. The van der Waals surface area contributed by atoms with Crippen LogP contribution in [0.2, 0.25) is 0 Å². The second-order valence-electron chi connectivity index (χ2n) is 8.54. The molecule has 10 heteroatoms. The predicted octanol–water partition coefficient (Wildman–Crippen LogP) is 4.92. The van der Waals surface area contributed by atoms with Crippen LogP contribution in [0.1, 0.15) is 35.3 Å². The summed E-state index contributed by atoms with van der Waals surface area (Å²) in [5.74, 6) is 1.86. The Bertz CT molecular complexity index is 1360. The Labute approximate surface area is 194 Å². The molecule has 0 amide bonds. The summed E-state index contributed by atoms with van der Waals surface area (Å²) in [6.45, 7) is 8.02. The first kappa shape index (κ1) is 22.4. The van der Waals surface area contributed by atoms with Gasteiger partial charge in [0, 0.05) is 24.2 Å². The third kappa shape index (κ3) is 3.91. The highest BCUT2D eigenvalue weighted by molar-refractivity contribution is 5.92. The number of aromatic nitrogens is 4. The monoisotopic (exact) mass is 470 g/mol. The lowest BCUT2D eigenvalue weighted by molar-refractivity contribution is -0.138. The molecule has 0 aliphatic carbocycles. The van der Waals surface area contributed by atoms with Gasteiger partial charge in [-0.25, -0.2) is 9.97 Å². The van der Waals surface area contributed by atoms with Gasteiger partial charge in [-0.05, 0) is 44.0 Å². The number of ether oxygens (including phenoxy) is 1. The molecule has 0 saturated carbocycles. The first-order valence-electron chi connectivity index (χ1n) is 11.1. The maximum atomic E-state index is 13.5. The highest BCUT2D eigenvalue weighted by atomic mass is 19.4. The van der Waals surface area contributed by atoms with Crippen molar-refractivity contribution >= 4 is 28.3 Å². The molecule has 0 bridgehead atoms. The van der Waals surface area contributed by atoms with E-state index in [0.29, 0.717) is 30.4 Å². The van der Waals surface area contributed by atoms with Crippen molar-refractivity contribution in [1.82, 2.24) is 19.4 Å². The number of morpholine rings is 1. The van der Waals surface area contributed by atoms with Crippen molar-refractivity contribution in [2.24, 2.45) is 0 Å². The van der Waals surface area contributed by atoms with Crippen molar-refractivity contribution in [1.29, 1.82) is 0 Å². The molecule has 1 aromatic carbocycles. The maximum Gasteiger partial charge on any atom is 0.416 e. The van der Waals surface area contributed by atoms with Crippen LogP contribution in [0.3, 0.4) is 0 Å². The summed E-state index contributed by atoms with van der Waals surface area (Å²) in [5.41, 5.74) is 1.88. The first-order chi connectivity index (χ1) is 16.2. The highest BCUT2D eigenvalue weighted by Gasteiger charge is 2.33. The van der Waals surface area contributed by atoms with Crippen molar-refractivity contribution in [3.05, 3.63) is 59.0 Å². The number of rotatable bonds is 4. The van der Waals surface area contributed by atoms with Gasteiger partial charge < -0.3 is 15.0 Å². The van der Waals surface area contributed by atoms with Crippen LogP contribution in [-0.4, -0.2) is 45.7 Å². The Morgan fingerprint density at radius 3 is 2.59 bits per heavy atom. The van der Waals surface area contributed by atoms with Crippen LogP contribution in [0.25, 0.3) is 16.7 Å². The number of halogens is 3. The molecule has 178 valence electrons. The second kappa shape index (κ2) is 8.43. The van der Waals surface area contributed by atoms with Gasteiger partial charge in [0.15, 0.2) is 0 Å².